The number of carbonyl (C=O) groups excluding carboxylic acids is 2. The molecule has 20 heavy (non-hydrogen) atoms. The Kier molecular flexibility index (Phi) is 6.22. The zero-order valence-electron chi connectivity index (χ0n) is 12.8. The molecule has 0 N–H and O–H groups in total. The Morgan fingerprint density at radius 2 is 0.950 bits per heavy atom. The fourth-order valence-electron chi connectivity index (χ4n) is 2.14. The van der Waals surface area contributed by atoms with E-state index in [9.17, 15) is 9.59 Å². The van der Waals surface area contributed by atoms with E-state index in [4.69, 9.17) is 0 Å². The Labute approximate surface area is 121 Å². The standard InChI is InChI=1S/C16H24N2O2/c1-5-17(6-2)15(19)13-9-11-14(12-10-13)16(20)18(7-3)8-4/h9-12H,5-8H2,1-4H3. The summed E-state index contributed by atoms with van der Waals surface area (Å²) in [5.41, 5.74) is 1.26. The van der Waals surface area contributed by atoms with Crippen molar-refractivity contribution in [2.45, 2.75) is 27.7 Å². The number of hydrogen-bond acceptors (Lipinski definition) is 2. The van der Waals surface area contributed by atoms with E-state index in [1.165, 1.54) is 0 Å². The maximum absolute atomic E-state index is 12.2. The normalized spacial score (nSPS) is 10.2. The van der Waals surface area contributed by atoms with Crippen LogP contribution in [0, 0.1) is 0 Å². The lowest BCUT2D eigenvalue weighted by Crippen LogP contribution is -2.31. The predicted molar refractivity (Wildman–Crippen MR) is 80.9 cm³/mol. The van der Waals surface area contributed by atoms with Crippen LogP contribution in [0.15, 0.2) is 24.3 Å². The molecule has 0 bridgehead atoms. The summed E-state index contributed by atoms with van der Waals surface area (Å²) in [6, 6.07) is 6.93. The number of hydrogen-bond donors (Lipinski definition) is 0. The summed E-state index contributed by atoms with van der Waals surface area (Å²) >= 11 is 0. The van der Waals surface area contributed by atoms with Crippen molar-refractivity contribution in [3.05, 3.63) is 35.4 Å². The molecule has 2 amide bonds. The van der Waals surface area contributed by atoms with E-state index >= 15 is 0 Å². The second-order valence-corrected chi connectivity index (χ2v) is 4.53. The average Bonchev–Trinajstić information content (AvgIpc) is 2.49. The highest BCUT2D eigenvalue weighted by atomic mass is 16.2. The molecule has 0 aliphatic rings. The first kappa shape index (κ1) is 16.2. The average molecular weight is 276 g/mol. The van der Waals surface area contributed by atoms with Gasteiger partial charge in [-0.1, -0.05) is 0 Å². The first-order valence-corrected chi connectivity index (χ1v) is 7.27. The molecule has 1 rings (SSSR count). The molecule has 4 heteroatoms. The van der Waals surface area contributed by atoms with Crippen molar-refractivity contribution >= 4 is 11.8 Å². The maximum Gasteiger partial charge on any atom is 0.253 e. The molecule has 110 valence electrons. The molecule has 0 unspecified atom stereocenters. The monoisotopic (exact) mass is 276 g/mol. The van der Waals surface area contributed by atoms with Crippen LogP contribution in [0.4, 0.5) is 0 Å². The molecule has 0 aliphatic carbocycles. The highest BCUT2D eigenvalue weighted by Crippen LogP contribution is 2.10. The van der Waals surface area contributed by atoms with Crippen LogP contribution in [0.5, 0.6) is 0 Å². The van der Waals surface area contributed by atoms with E-state index < -0.39 is 0 Å². The summed E-state index contributed by atoms with van der Waals surface area (Å²) in [6.45, 7) is 10.6. The molecule has 0 fully saturated rings. The van der Waals surface area contributed by atoms with Crippen molar-refractivity contribution in [3.8, 4) is 0 Å². The topological polar surface area (TPSA) is 40.6 Å². The summed E-state index contributed by atoms with van der Waals surface area (Å²) in [4.78, 5) is 27.9. The van der Waals surface area contributed by atoms with E-state index in [0.717, 1.165) is 0 Å². The lowest BCUT2D eigenvalue weighted by molar-refractivity contribution is 0.0760. The molecule has 0 heterocycles. The fraction of sp³-hybridized carbons (Fsp3) is 0.500. The first-order chi connectivity index (χ1) is 9.58. The van der Waals surface area contributed by atoms with Crippen LogP contribution in [0.25, 0.3) is 0 Å². The minimum Gasteiger partial charge on any atom is -0.339 e. The molecular formula is C16H24N2O2. The van der Waals surface area contributed by atoms with E-state index in [1.807, 2.05) is 27.7 Å². The maximum atomic E-state index is 12.2. The van der Waals surface area contributed by atoms with Crippen molar-refractivity contribution in [2.24, 2.45) is 0 Å². The van der Waals surface area contributed by atoms with Gasteiger partial charge in [0.25, 0.3) is 11.8 Å². The van der Waals surface area contributed by atoms with Gasteiger partial charge in [-0.25, -0.2) is 0 Å². The van der Waals surface area contributed by atoms with Crippen molar-refractivity contribution in [1.82, 2.24) is 9.80 Å². The molecule has 0 aliphatic heterocycles. The minimum atomic E-state index is 0.0110. The van der Waals surface area contributed by atoms with Gasteiger partial charge in [0, 0.05) is 37.3 Å². The molecule has 0 saturated heterocycles. The SMILES string of the molecule is CCN(CC)C(=O)c1ccc(C(=O)N(CC)CC)cc1. The second-order valence-electron chi connectivity index (χ2n) is 4.53. The summed E-state index contributed by atoms with van der Waals surface area (Å²) in [5.74, 6) is 0.0219. The van der Waals surface area contributed by atoms with Crippen LogP contribution < -0.4 is 0 Å². The van der Waals surface area contributed by atoms with E-state index in [0.29, 0.717) is 37.3 Å². The second kappa shape index (κ2) is 7.68. The third-order valence-electron chi connectivity index (χ3n) is 3.48. The minimum absolute atomic E-state index is 0.0110. The van der Waals surface area contributed by atoms with Gasteiger partial charge >= 0.3 is 0 Å². The van der Waals surface area contributed by atoms with Crippen LogP contribution in [0.1, 0.15) is 48.4 Å². The largest absolute Gasteiger partial charge is 0.339 e. The highest BCUT2D eigenvalue weighted by molar-refractivity contribution is 5.97. The third-order valence-corrected chi connectivity index (χ3v) is 3.48. The number of nitrogens with zero attached hydrogens (tertiary/aromatic N) is 2. The third kappa shape index (κ3) is 3.59. The first-order valence-electron chi connectivity index (χ1n) is 7.27. The summed E-state index contributed by atoms with van der Waals surface area (Å²) in [6.07, 6.45) is 0. The predicted octanol–water partition coefficient (Wildman–Crippen LogP) is 2.65. The molecule has 1 aromatic rings. The fourth-order valence-corrected chi connectivity index (χ4v) is 2.14. The van der Waals surface area contributed by atoms with Gasteiger partial charge < -0.3 is 9.80 Å². The lowest BCUT2D eigenvalue weighted by Gasteiger charge is -2.20. The van der Waals surface area contributed by atoms with Gasteiger partial charge in [-0.3, -0.25) is 9.59 Å². The van der Waals surface area contributed by atoms with Gasteiger partial charge in [-0.15, -0.1) is 0 Å². The van der Waals surface area contributed by atoms with Crippen molar-refractivity contribution in [2.75, 3.05) is 26.2 Å². The Morgan fingerprint density at radius 1 is 0.700 bits per heavy atom. The molecule has 0 radical (unpaired) electrons. The Balaban J connectivity index is 2.88. The quantitative estimate of drug-likeness (QED) is 0.801. The highest BCUT2D eigenvalue weighted by Gasteiger charge is 2.15. The summed E-state index contributed by atoms with van der Waals surface area (Å²) in [7, 11) is 0. The van der Waals surface area contributed by atoms with Gasteiger partial charge in [0.1, 0.15) is 0 Å². The van der Waals surface area contributed by atoms with E-state index in [1.54, 1.807) is 34.1 Å². The molecule has 4 nitrogen and oxygen atoms in total. The Morgan fingerprint density at radius 3 is 1.15 bits per heavy atom. The summed E-state index contributed by atoms with van der Waals surface area (Å²) in [5, 5.41) is 0. The van der Waals surface area contributed by atoms with Gasteiger partial charge in [0.05, 0.1) is 0 Å². The zero-order valence-corrected chi connectivity index (χ0v) is 12.8. The Bertz CT molecular complexity index is 403. The van der Waals surface area contributed by atoms with Gasteiger partial charge in [-0.2, -0.15) is 0 Å². The molecule has 0 aromatic heterocycles. The zero-order chi connectivity index (χ0) is 15.1. The molecular weight excluding hydrogens is 252 g/mol. The van der Waals surface area contributed by atoms with Crippen LogP contribution in [0.3, 0.4) is 0 Å². The van der Waals surface area contributed by atoms with Crippen LogP contribution >= 0.6 is 0 Å². The van der Waals surface area contributed by atoms with Crippen molar-refractivity contribution < 1.29 is 9.59 Å². The Hall–Kier alpha value is -1.84. The van der Waals surface area contributed by atoms with Gasteiger partial charge in [0.15, 0.2) is 0 Å². The molecule has 0 spiro atoms. The summed E-state index contributed by atoms with van der Waals surface area (Å²) < 4.78 is 0. The van der Waals surface area contributed by atoms with Crippen LogP contribution in [-0.2, 0) is 0 Å². The molecule has 1 aromatic carbocycles. The number of carbonyl (C=O) groups is 2. The van der Waals surface area contributed by atoms with Crippen molar-refractivity contribution in [3.63, 3.8) is 0 Å². The van der Waals surface area contributed by atoms with Gasteiger partial charge in [0.2, 0.25) is 0 Å². The van der Waals surface area contributed by atoms with Crippen LogP contribution in [0.2, 0.25) is 0 Å². The van der Waals surface area contributed by atoms with Crippen molar-refractivity contribution in [1.29, 1.82) is 0 Å². The number of rotatable bonds is 6. The van der Waals surface area contributed by atoms with E-state index in [2.05, 4.69) is 0 Å². The van der Waals surface area contributed by atoms with Gasteiger partial charge in [-0.05, 0) is 52.0 Å². The lowest BCUT2D eigenvalue weighted by atomic mass is 10.1. The molecule has 0 atom stereocenters. The number of amides is 2. The van der Waals surface area contributed by atoms with Crippen LogP contribution in [-0.4, -0.2) is 47.8 Å². The smallest absolute Gasteiger partial charge is 0.253 e. The number of benzene rings is 1. The van der Waals surface area contributed by atoms with E-state index in [-0.39, 0.29) is 11.8 Å². The molecule has 0 saturated carbocycles.